The monoisotopic (exact) mass is 317 g/mol. The van der Waals surface area contributed by atoms with Crippen LogP contribution in [0.5, 0.6) is 0 Å². The van der Waals surface area contributed by atoms with Crippen molar-refractivity contribution in [1.82, 2.24) is 5.32 Å². The molecule has 0 aliphatic heterocycles. The standard InChI is InChI=1S/C17H13F2NO3/c18-12-5-3-6-13(19)16(12)14(21)8-20-17(22)11-9-23-15-7-2-1-4-10(11)15/h1-7,9,14,21H,8H2,(H,20,22). The SMILES string of the molecule is O=C(NCC(O)c1c(F)cccc1F)c1coc2ccccc12. The molecule has 0 aliphatic carbocycles. The fourth-order valence-corrected chi connectivity index (χ4v) is 2.37. The number of hydrogen-bond acceptors (Lipinski definition) is 3. The van der Waals surface area contributed by atoms with E-state index < -0.39 is 29.2 Å². The Hall–Kier alpha value is -2.73. The van der Waals surface area contributed by atoms with Crippen LogP contribution in [0.15, 0.2) is 53.1 Å². The van der Waals surface area contributed by atoms with Crippen molar-refractivity contribution in [3.8, 4) is 0 Å². The molecule has 0 aliphatic rings. The molecule has 1 unspecified atom stereocenters. The van der Waals surface area contributed by atoms with Gasteiger partial charge in [-0.3, -0.25) is 4.79 Å². The van der Waals surface area contributed by atoms with Crippen molar-refractivity contribution in [1.29, 1.82) is 0 Å². The minimum absolute atomic E-state index is 0.293. The molecular weight excluding hydrogens is 304 g/mol. The Morgan fingerprint density at radius 3 is 2.57 bits per heavy atom. The van der Waals surface area contributed by atoms with Crippen molar-refractivity contribution in [2.45, 2.75) is 6.10 Å². The lowest BCUT2D eigenvalue weighted by molar-refractivity contribution is 0.0912. The van der Waals surface area contributed by atoms with Gasteiger partial charge in [0.15, 0.2) is 0 Å². The molecule has 1 amide bonds. The summed E-state index contributed by atoms with van der Waals surface area (Å²) < 4.78 is 32.4. The number of carbonyl (C=O) groups excluding carboxylic acids is 1. The molecule has 0 saturated heterocycles. The van der Waals surface area contributed by atoms with Crippen molar-refractivity contribution >= 4 is 16.9 Å². The zero-order chi connectivity index (χ0) is 16.4. The van der Waals surface area contributed by atoms with Crippen LogP contribution in [0.4, 0.5) is 8.78 Å². The van der Waals surface area contributed by atoms with Gasteiger partial charge >= 0.3 is 0 Å². The molecule has 4 nitrogen and oxygen atoms in total. The first-order valence-electron chi connectivity index (χ1n) is 6.94. The van der Waals surface area contributed by atoms with E-state index in [0.717, 1.165) is 12.1 Å². The molecule has 1 atom stereocenters. The molecule has 0 bridgehead atoms. The molecule has 0 saturated carbocycles. The minimum atomic E-state index is -1.49. The summed E-state index contributed by atoms with van der Waals surface area (Å²) in [5, 5.41) is 13.0. The van der Waals surface area contributed by atoms with E-state index in [2.05, 4.69) is 5.32 Å². The molecule has 6 heteroatoms. The highest BCUT2D eigenvalue weighted by Crippen LogP contribution is 2.22. The first kappa shape index (κ1) is 15.2. The Labute approximate surface area is 130 Å². The summed E-state index contributed by atoms with van der Waals surface area (Å²) in [5.41, 5.74) is 0.380. The van der Waals surface area contributed by atoms with E-state index in [-0.39, 0.29) is 6.54 Å². The maximum atomic E-state index is 13.6. The average molecular weight is 317 g/mol. The summed E-state index contributed by atoms with van der Waals surface area (Å²) >= 11 is 0. The summed E-state index contributed by atoms with van der Waals surface area (Å²) in [5.74, 6) is -2.22. The highest BCUT2D eigenvalue weighted by atomic mass is 19.1. The van der Waals surface area contributed by atoms with Gasteiger partial charge in [-0.1, -0.05) is 24.3 Å². The molecule has 0 radical (unpaired) electrons. The van der Waals surface area contributed by atoms with Crippen LogP contribution < -0.4 is 5.32 Å². The van der Waals surface area contributed by atoms with Crippen LogP contribution in [-0.4, -0.2) is 17.6 Å². The maximum Gasteiger partial charge on any atom is 0.255 e. The van der Waals surface area contributed by atoms with Gasteiger partial charge in [-0.2, -0.15) is 0 Å². The molecule has 3 aromatic rings. The van der Waals surface area contributed by atoms with Crippen LogP contribution >= 0.6 is 0 Å². The van der Waals surface area contributed by atoms with Gasteiger partial charge in [-0.15, -0.1) is 0 Å². The Morgan fingerprint density at radius 2 is 1.83 bits per heavy atom. The number of benzene rings is 2. The van der Waals surface area contributed by atoms with Gasteiger partial charge in [0.25, 0.3) is 5.91 Å². The van der Waals surface area contributed by atoms with Crippen LogP contribution in [0.3, 0.4) is 0 Å². The van der Waals surface area contributed by atoms with Gasteiger partial charge in [0.05, 0.1) is 11.1 Å². The first-order chi connectivity index (χ1) is 11.1. The number of rotatable bonds is 4. The van der Waals surface area contributed by atoms with Crippen molar-refractivity contribution in [3.05, 3.63) is 71.5 Å². The largest absolute Gasteiger partial charge is 0.463 e. The van der Waals surface area contributed by atoms with Crippen molar-refractivity contribution < 1.29 is 23.1 Å². The number of para-hydroxylation sites is 1. The molecule has 2 N–H and O–H groups in total. The van der Waals surface area contributed by atoms with Gasteiger partial charge in [0.2, 0.25) is 0 Å². The third kappa shape index (κ3) is 2.93. The topological polar surface area (TPSA) is 62.5 Å². The summed E-state index contributed by atoms with van der Waals surface area (Å²) in [7, 11) is 0. The Balaban J connectivity index is 1.74. The van der Waals surface area contributed by atoms with Crippen molar-refractivity contribution in [3.63, 3.8) is 0 Å². The zero-order valence-corrected chi connectivity index (χ0v) is 11.9. The second kappa shape index (κ2) is 6.18. The molecule has 0 spiro atoms. The smallest absolute Gasteiger partial charge is 0.255 e. The van der Waals surface area contributed by atoms with Crippen LogP contribution in [0, 0.1) is 11.6 Å². The van der Waals surface area contributed by atoms with E-state index in [9.17, 15) is 18.7 Å². The summed E-state index contributed by atoms with van der Waals surface area (Å²) in [4.78, 5) is 12.2. The van der Waals surface area contributed by atoms with Crippen molar-refractivity contribution in [2.75, 3.05) is 6.54 Å². The number of aliphatic hydroxyl groups excluding tert-OH is 1. The molecule has 23 heavy (non-hydrogen) atoms. The molecule has 3 rings (SSSR count). The van der Waals surface area contributed by atoms with E-state index >= 15 is 0 Å². The number of nitrogens with one attached hydrogen (secondary N) is 1. The number of furan rings is 1. The Kier molecular flexibility index (Phi) is 4.08. The molecule has 1 aromatic heterocycles. The highest BCUT2D eigenvalue weighted by Gasteiger charge is 2.20. The van der Waals surface area contributed by atoms with Gasteiger partial charge in [0.1, 0.15) is 29.6 Å². The van der Waals surface area contributed by atoms with E-state index in [1.807, 2.05) is 0 Å². The third-order valence-corrected chi connectivity index (χ3v) is 3.51. The van der Waals surface area contributed by atoms with Crippen LogP contribution in [0.1, 0.15) is 22.0 Å². The normalized spacial score (nSPS) is 12.3. The Bertz CT molecular complexity index is 840. The van der Waals surface area contributed by atoms with Gasteiger partial charge in [0, 0.05) is 11.9 Å². The van der Waals surface area contributed by atoms with E-state index in [0.29, 0.717) is 16.5 Å². The maximum absolute atomic E-state index is 13.6. The van der Waals surface area contributed by atoms with E-state index in [1.165, 1.54) is 12.3 Å². The second-order valence-corrected chi connectivity index (χ2v) is 5.01. The average Bonchev–Trinajstić information content (AvgIpc) is 2.96. The number of halogens is 2. The van der Waals surface area contributed by atoms with Crippen LogP contribution in [0.2, 0.25) is 0 Å². The molecule has 2 aromatic carbocycles. The lowest BCUT2D eigenvalue weighted by Crippen LogP contribution is -2.29. The fourth-order valence-electron chi connectivity index (χ4n) is 2.37. The predicted molar refractivity (Wildman–Crippen MR) is 79.9 cm³/mol. The zero-order valence-electron chi connectivity index (χ0n) is 11.9. The van der Waals surface area contributed by atoms with Gasteiger partial charge < -0.3 is 14.8 Å². The number of carbonyl (C=O) groups is 1. The van der Waals surface area contributed by atoms with Crippen molar-refractivity contribution in [2.24, 2.45) is 0 Å². The van der Waals surface area contributed by atoms with Gasteiger partial charge in [-0.05, 0) is 18.2 Å². The first-order valence-corrected chi connectivity index (χ1v) is 6.94. The molecule has 118 valence electrons. The van der Waals surface area contributed by atoms with E-state index in [4.69, 9.17) is 4.42 Å². The fraction of sp³-hybridized carbons (Fsp3) is 0.118. The minimum Gasteiger partial charge on any atom is -0.463 e. The second-order valence-electron chi connectivity index (χ2n) is 5.01. The van der Waals surface area contributed by atoms with Gasteiger partial charge in [-0.25, -0.2) is 8.78 Å². The number of hydrogen-bond donors (Lipinski definition) is 2. The predicted octanol–water partition coefficient (Wildman–Crippen LogP) is 3.17. The quantitative estimate of drug-likeness (QED) is 0.777. The molecular formula is C17H13F2NO3. The number of aliphatic hydroxyl groups is 1. The molecule has 0 fully saturated rings. The van der Waals surface area contributed by atoms with Crippen LogP contribution in [0.25, 0.3) is 11.0 Å². The summed E-state index contributed by atoms with van der Waals surface area (Å²) in [6.07, 6.45) is -0.186. The highest BCUT2D eigenvalue weighted by molar-refractivity contribution is 6.05. The number of amides is 1. The molecule has 1 heterocycles. The summed E-state index contributed by atoms with van der Waals surface area (Å²) in [6.45, 7) is -0.323. The van der Waals surface area contributed by atoms with Crippen LogP contribution in [-0.2, 0) is 0 Å². The number of fused-ring (bicyclic) bond motifs is 1. The lowest BCUT2D eigenvalue weighted by atomic mass is 10.1. The summed E-state index contributed by atoms with van der Waals surface area (Å²) in [6, 6.07) is 10.3. The van der Waals surface area contributed by atoms with E-state index in [1.54, 1.807) is 24.3 Å². The third-order valence-electron chi connectivity index (χ3n) is 3.51. The Morgan fingerprint density at radius 1 is 1.13 bits per heavy atom. The lowest BCUT2D eigenvalue weighted by Gasteiger charge is -2.13.